The average molecular weight is 297 g/mol. The zero-order valence-electron chi connectivity index (χ0n) is 11.8. The number of rotatable bonds is 6. The van der Waals surface area contributed by atoms with Crippen molar-refractivity contribution < 1.29 is 14.6 Å². The second kappa shape index (κ2) is 6.54. The number of aliphatic hydroxyl groups excluding tert-OH is 1. The molecule has 112 valence electrons. The topological polar surface area (TPSA) is 41.9 Å². The van der Waals surface area contributed by atoms with E-state index in [-0.39, 0.29) is 0 Å². The highest BCUT2D eigenvalue weighted by atomic mass is 32.1. The van der Waals surface area contributed by atoms with Gasteiger partial charge in [-0.2, -0.15) is 0 Å². The first-order valence-electron chi connectivity index (χ1n) is 7.34. The fourth-order valence-electron chi connectivity index (χ4n) is 3.20. The monoisotopic (exact) mass is 297 g/mol. The number of likely N-dealkylation sites (tertiary alicyclic amines) is 1. The van der Waals surface area contributed by atoms with E-state index in [1.807, 2.05) is 11.4 Å². The maximum atomic E-state index is 10.1. The van der Waals surface area contributed by atoms with Crippen LogP contribution in [0.3, 0.4) is 0 Å². The molecule has 3 heterocycles. The molecule has 2 saturated heterocycles. The van der Waals surface area contributed by atoms with Crippen molar-refractivity contribution >= 4 is 11.3 Å². The van der Waals surface area contributed by atoms with Crippen molar-refractivity contribution in [2.45, 2.75) is 25.6 Å². The molecule has 20 heavy (non-hydrogen) atoms. The first-order chi connectivity index (χ1) is 9.76. The maximum Gasteiger partial charge on any atom is 0.0900 e. The summed E-state index contributed by atoms with van der Waals surface area (Å²) >= 11 is 1.69. The minimum atomic E-state index is -0.396. The quantitative estimate of drug-likeness (QED) is 0.868. The first-order valence-corrected chi connectivity index (χ1v) is 8.22. The SMILES string of the molecule is OC(COCc1cccs1)CN1CCC2(CCOC2)C1. The van der Waals surface area contributed by atoms with Crippen molar-refractivity contribution in [1.29, 1.82) is 0 Å². The highest BCUT2D eigenvalue weighted by molar-refractivity contribution is 7.09. The fraction of sp³-hybridized carbons (Fsp3) is 0.733. The average Bonchev–Trinajstić information content (AvgIpc) is 3.14. The van der Waals surface area contributed by atoms with Crippen LogP contribution in [0.4, 0.5) is 0 Å². The van der Waals surface area contributed by atoms with E-state index >= 15 is 0 Å². The molecule has 2 aliphatic heterocycles. The van der Waals surface area contributed by atoms with Gasteiger partial charge in [-0.15, -0.1) is 11.3 Å². The van der Waals surface area contributed by atoms with Gasteiger partial charge < -0.3 is 19.5 Å². The fourth-order valence-corrected chi connectivity index (χ4v) is 3.84. The predicted molar refractivity (Wildman–Crippen MR) is 78.9 cm³/mol. The van der Waals surface area contributed by atoms with Gasteiger partial charge in [0.1, 0.15) is 0 Å². The summed E-state index contributed by atoms with van der Waals surface area (Å²) in [5.74, 6) is 0. The highest BCUT2D eigenvalue weighted by Gasteiger charge is 2.41. The zero-order chi connectivity index (χ0) is 13.8. The molecule has 1 aromatic heterocycles. The Labute approximate surface area is 124 Å². The normalized spacial score (nSPS) is 28.4. The van der Waals surface area contributed by atoms with Gasteiger partial charge >= 0.3 is 0 Å². The van der Waals surface area contributed by atoms with Crippen molar-refractivity contribution in [3.8, 4) is 0 Å². The first kappa shape index (κ1) is 14.5. The molecule has 0 bridgehead atoms. The van der Waals surface area contributed by atoms with Crippen molar-refractivity contribution in [2.75, 3.05) is 39.5 Å². The van der Waals surface area contributed by atoms with Gasteiger partial charge in [0.25, 0.3) is 0 Å². The smallest absolute Gasteiger partial charge is 0.0900 e. The van der Waals surface area contributed by atoms with Crippen LogP contribution in [0.25, 0.3) is 0 Å². The second-order valence-corrected chi connectivity index (χ2v) is 7.07. The zero-order valence-corrected chi connectivity index (χ0v) is 12.6. The number of aliphatic hydroxyl groups is 1. The number of hydrogen-bond acceptors (Lipinski definition) is 5. The van der Waals surface area contributed by atoms with E-state index in [1.54, 1.807) is 11.3 Å². The van der Waals surface area contributed by atoms with E-state index in [9.17, 15) is 5.11 Å². The Balaban J connectivity index is 1.35. The largest absolute Gasteiger partial charge is 0.389 e. The molecule has 0 aliphatic carbocycles. The third kappa shape index (κ3) is 3.59. The van der Waals surface area contributed by atoms with Crippen molar-refractivity contribution in [3.63, 3.8) is 0 Å². The van der Waals surface area contributed by atoms with E-state index in [2.05, 4.69) is 11.0 Å². The summed E-state index contributed by atoms with van der Waals surface area (Å²) in [6.45, 7) is 5.67. The van der Waals surface area contributed by atoms with Crippen LogP contribution >= 0.6 is 11.3 Å². The summed E-state index contributed by atoms with van der Waals surface area (Å²) in [6, 6.07) is 4.08. The highest BCUT2D eigenvalue weighted by Crippen LogP contribution is 2.38. The number of thiophene rings is 1. The lowest BCUT2D eigenvalue weighted by Crippen LogP contribution is -2.35. The van der Waals surface area contributed by atoms with Gasteiger partial charge in [0, 0.05) is 30.0 Å². The molecule has 5 heteroatoms. The molecule has 1 spiro atoms. The Morgan fingerprint density at radius 1 is 1.50 bits per heavy atom. The van der Waals surface area contributed by atoms with E-state index in [1.165, 1.54) is 17.7 Å². The Morgan fingerprint density at radius 3 is 3.20 bits per heavy atom. The third-order valence-corrected chi connectivity index (χ3v) is 5.16. The molecular weight excluding hydrogens is 274 g/mol. The molecule has 1 N–H and O–H groups in total. The van der Waals surface area contributed by atoms with Crippen LogP contribution in [-0.4, -0.2) is 55.6 Å². The number of hydrogen-bond donors (Lipinski definition) is 1. The molecule has 2 atom stereocenters. The molecular formula is C15H23NO3S. The molecule has 2 unspecified atom stereocenters. The molecule has 0 saturated carbocycles. The molecule has 0 amide bonds. The second-order valence-electron chi connectivity index (χ2n) is 6.04. The van der Waals surface area contributed by atoms with E-state index in [0.29, 0.717) is 25.2 Å². The van der Waals surface area contributed by atoms with Gasteiger partial charge in [0.2, 0.25) is 0 Å². The van der Waals surface area contributed by atoms with Crippen LogP contribution in [0, 0.1) is 5.41 Å². The molecule has 0 radical (unpaired) electrons. The number of nitrogens with zero attached hydrogens (tertiary/aromatic N) is 1. The van der Waals surface area contributed by atoms with Gasteiger partial charge in [0.05, 0.1) is 25.9 Å². The summed E-state index contributed by atoms with van der Waals surface area (Å²) in [4.78, 5) is 3.56. The maximum absolute atomic E-state index is 10.1. The van der Waals surface area contributed by atoms with Gasteiger partial charge in [-0.1, -0.05) is 6.07 Å². The van der Waals surface area contributed by atoms with Crippen LogP contribution in [0.15, 0.2) is 17.5 Å². The molecule has 0 aromatic carbocycles. The third-order valence-electron chi connectivity index (χ3n) is 4.31. The molecule has 1 aromatic rings. The molecule has 3 rings (SSSR count). The van der Waals surface area contributed by atoms with E-state index < -0.39 is 6.10 Å². The number of β-amino-alcohol motifs (C(OH)–C–C–N with tert-alkyl or cyclic N) is 1. The van der Waals surface area contributed by atoms with Crippen LogP contribution in [-0.2, 0) is 16.1 Å². The summed E-state index contributed by atoms with van der Waals surface area (Å²) in [7, 11) is 0. The van der Waals surface area contributed by atoms with Crippen LogP contribution in [0.1, 0.15) is 17.7 Å². The van der Waals surface area contributed by atoms with Crippen LogP contribution < -0.4 is 0 Å². The Kier molecular flexibility index (Phi) is 4.73. The van der Waals surface area contributed by atoms with Crippen LogP contribution in [0.2, 0.25) is 0 Å². The van der Waals surface area contributed by atoms with Crippen molar-refractivity contribution in [1.82, 2.24) is 4.90 Å². The minimum Gasteiger partial charge on any atom is -0.389 e. The van der Waals surface area contributed by atoms with E-state index in [0.717, 1.165) is 26.3 Å². The van der Waals surface area contributed by atoms with Gasteiger partial charge in [-0.05, 0) is 30.8 Å². The van der Waals surface area contributed by atoms with Gasteiger partial charge in [-0.3, -0.25) is 0 Å². The Bertz CT molecular complexity index is 403. The number of ether oxygens (including phenoxy) is 2. The molecule has 4 nitrogen and oxygen atoms in total. The van der Waals surface area contributed by atoms with Gasteiger partial charge in [0.15, 0.2) is 0 Å². The molecule has 2 fully saturated rings. The Hall–Kier alpha value is -0.460. The summed E-state index contributed by atoms with van der Waals surface area (Å²) in [5, 5.41) is 12.1. The standard InChI is InChI=1S/C15H23NO3S/c17-13(9-19-10-14-2-1-7-20-14)8-16-5-3-15(11-16)4-6-18-12-15/h1-2,7,13,17H,3-6,8-12H2. The minimum absolute atomic E-state index is 0.373. The lowest BCUT2D eigenvalue weighted by atomic mass is 9.87. The summed E-state index contributed by atoms with van der Waals surface area (Å²) in [5.41, 5.74) is 0.373. The van der Waals surface area contributed by atoms with Crippen LogP contribution in [0.5, 0.6) is 0 Å². The molecule has 2 aliphatic rings. The van der Waals surface area contributed by atoms with Crippen molar-refractivity contribution in [3.05, 3.63) is 22.4 Å². The summed E-state index contributed by atoms with van der Waals surface area (Å²) < 4.78 is 11.1. The summed E-state index contributed by atoms with van der Waals surface area (Å²) in [6.07, 6.45) is 1.98. The lowest BCUT2D eigenvalue weighted by Gasteiger charge is -2.23. The predicted octanol–water partition coefficient (Wildman–Crippen LogP) is 1.74. The Morgan fingerprint density at radius 2 is 2.45 bits per heavy atom. The van der Waals surface area contributed by atoms with Gasteiger partial charge in [-0.25, -0.2) is 0 Å². The lowest BCUT2D eigenvalue weighted by molar-refractivity contribution is 0.0124. The van der Waals surface area contributed by atoms with E-state index in [4.69, 9.17) is 9.47 Å². The van der Waals surface area contributed by atoms with Crippen molar-refractivity contribution in [2.24, 2.45) is 5.41 Å².